The third kappa shape index (κ3) is 4.14. The van der Waals surface area contributed by atoms with E-state index in [1.165, 1.54) is 25.7 Å². The van der Waals surface area contributed by atoms with Crippen molar-refractivity contribution >= 4 is 11.6 Å². The summed E-state index contributed by atoms with van der Waals surface area (Å²) in [5.74, 6) is 1.36. The smallest absolute Gasteiger partial charge is 0.146 e. The molecule has 0 aromatic carbocycles. The van der Waals surface area contributed by atoms with Gasteiger partial charge in [0.05, 0.1) is 12.4 Å². The summed E-state index contributed by atoms with van der Waals surface area (Å²) in [6, 6.07) is 0. The molecule has 15 heavy (non-hydrogen) atoms. The number of nitrogen functional groups attached to an aromatic ring is 1. The number of unbranched alkanes of at least 4 members (excludes halogenated alkanes) is 3. The Bertz CT molecular complexity index is 270. The van der Waals surface area contributed by atoms with Gasteiger partial charge in [-0.15, -0.1) is 0 Å². The van der Waals surface area contributed by atoms with E-state index >= 15 is 0 Å². The van der Waals surface area contributed by atoms with E-state index in [1.54, 1.807) is 12.4 Å². The zero-order valence-electron chi connectivity index (χ0n) is 9.61. The number of rotatable bonds is 6. The molecule has 0 saturated heterocycles. The van der Waals surface area contributed by atoms with E-state index < -0.39 is 0 Å². The highest BCUT2D eigenvalue weighted by molar-refractivity contribution is 5.38. The van der Waals surface area contributed by atoms with Crippen molar-refractivity contribution in [1.29, 1.82) is 0 Å². The minimum atomic E-state index is 0.470. The first kappa shape index (κ1) is 11.8. The quantitative estimate of drug-likeness (QED) is 0.727. The fourth-order valence-corrected chi connectivity index (χ4v) is 1.42. The number of hydrogen-bond acceptors (Lipinski definition) is 4. The zero-order chi connectivity index (χ0) is 11.1. The maximum absolute atomic E-state index is 5.47. The second-order valence-electron chi connectivity index (χ2n) is 3.78. The standard InChI is InChI=1S/C11H20N4/c1-3-4-5-6-7-15(2)11-9-13-10(12)8-14-11/h8-9H,3-7H2,1-2H3,(H2,12,13). The lowest BCUT2D eigenvalue weighted by atomic mass is 10.2. The maximum Gasteiger partial charge on any atom is 0.146 e. The van der Waals surface area contributed by atoms with Crippen LogP contribution in [0, 0.1) is 0 Å². The lowest BCUT2D eigenvalue weighted by Gasteiger charge is -2.17. The van der Waals surface area contributed by atoms with Gasteiger partial charge in [0, 0.05) is 13.6 Å². The van der Waals surface area contributed by atoms with Gasteiger partial charge in [-0.2, -0.15) is 0 Å². The first-order valence-corrected chi connectivity index (χ1v) is 5.52. The van der Waals surface area contributed by atoms with Crippen LogP contribution in [-0.4, -0.2) is 23.6 Å². The van der Waals surface area contributed by atoms with Crippen molar-refractivity contribution in [1.82, 2.24) is 9.97 Å². The Morgan fingerprint density at radius 2 is 2.00 bits per heavy atom. The molecular weight excluding hydrogens is 188 g/mol. The molecule has 0 aliphatic carbocycles. The molecule has 1 heterocycles. The van der Waals surface area contributed by atoms with Gasteiger partial charge in [-0.3, -0.25) is 0 Å². The second-order valence-corrected chi connectivity index (χ2v) is 3.78. The highest BCUT2D eigenvalue weighted by atomic mass is 15.2. The van der Waals surface area contributed by atoms with Crippen LogP contribution < -0.4 is 10.6 Å². The lowest BCUT2D eigenvalue weighted by molar-refractivity contribution is 0.658. The summed E-state index contributed by atoms with van der Waals surface area (Å²) in [6.45, 7) is 3.24. The van der Waals surface area contributed by atoms with Crippen LogP contribution in [0.4, 0.5) is 11.6 Å². The normalized spacial score (nSPS) is 10.3. The molecule has 0 atom stereocenters. The van der Waals surface area contributed by atoms with E-state index in [-0.39, 0.29) is 0 Å². The molecule has 0 radical (unpaired) electrons. The lowest BCUT2D eigenvalue weighted by Crippen LogP contribution is -2.19. The van der Waals surface area contributed by atoms with Gasteiger partial charge in [-0.05, 0) is 6.42 Å². The summed E-state index contributed by atoms with van der Waals surface area (Å²) in [7, 11) is 2.03. The molecule has 0 aliphatic rings. The summed E-state index contributed by atoms with van der Waals surface area (Å²) >= 11 is 0. The summed E-state index contributed by atoms with van der Waals surface area (Å²) in [5, 5.41) is 0. The first-order chi connectivity index (χ1) is 7.24. The van der Waals surface area contributed by atoms with Crippen LogP contribution in [0.15, 0.2) is 12.4 Å². The number of anilines is 2. The molecule has 0 fully saturated rings. The molecule has 0 amide bonds. The third-order valence-corrected chi connectivity index (χ3v) is 2.40. The van der Waals surface area contributed by atoms with Gasteiger partial charge >= 0.3 is 0 Å². The molecule has 2 N–H and O–H groups in total. The molecule has 0 aliphatic heterocycles. The van der Waals surface area contributed by atoms with Crippen molar-refractivity contribution in [3.05, 3.63) is 12.4 Å². The van der Waals surface area contributed by atoms with Gasteiger partial charge in [0.25, 0.3) is 0 Å². The minimum Gasteiger partial charge on any atom is -0.382 e. The van der Waals surface area contributed by atoms with E-state index in [9.17, 15) is 0 Å². The third-order valence-electron chi connectivity index (χ3n) is 2.40. The fourth-order valence-electron chi connectivity index (χ4n) is 1.42. The van der Waals surface area contributed by atoms with Gasteiger partial charge in [-0.25, -0.2) is 9.97 Å². The van der Waals surface area contributed by atoms with Gasteiger partial charge in [0.15, 0.2) is 0 Å². The largest absolute Gasteiger partial charge is 0.382 e. The van der Waals surface area contributed by atoms with Gasteiger partial charge in [-0.1, -0.05) is 26.2 Å². The van der Waals surface area contributed by atoms with E-state index in [2.05, 4.69) is 21.8 Å². The average Bonchev–Trinajstić information content (AvgIpc) is 2.25. The predicted molar refractivity (Wildman–Crippen MR) is 63.9 cm³/mol. The molecule has 1 aromatic heterocycles. The van der Waals surface area contributed by atoms with Crippen molar-refractivity contribution in [3.8, 4) is 0 Å². The number of hydrogen-bond donors (Lipinski definition) is 1. The van der Waals surface area contributed by atoms with Crippen molar-refractivity contribution in [2.45, 2.75) is 32.6 Å². The Morgan fingerprint density at radius 1 is 1.20 bits per heavy atom. The topological polar surface area (TPSA) is 55.0 Å². The van der Waals surface area contributed by atoms with Crippen LogP contribution in [0.1, 0.15) is 32.6 Å². The Labute approximate surface area is 91.5 Å². The van der Waals surface area contributed by atoms with Gasteiger partial charge < -0.3 is 10.6 Å². The molecule has 84 valence electrons. The Morgan fingerprint density at radius 3 is 2.60 bits per heavy atom. The van der Waals surface area contributed by atoms with Crippen LogP contribution in [0.25, 0.3) is 0 Å². The maximum atomic E-state index is 5.47. The van der Waals surface area contributed by atoms with Crippen LogP contribution in [0.2, 0.25) is 0 Å². The molecule has 4 heteroatoms. The van der Waals surface area contributed by atoms with Crippen LogP contribution >= 0.6 is 0 Å². The van der Waals surface area contributed by atoms with Crippen LogP contribution in [0.5, 0.6) is 0 Å². The molecule has 0 unspecified atom stereocenters. The van der Waals surface area contributed by atoms with Crippen molar-refractivity contribution in [2.75, 3.05) is 24.2 Å². The molecule has 4 nitrogen and oxygen atoms in total. The van der Waals surface area contributed by atoms with Crippen LogP contribution in [-0.2, 0) is 0 Å². The molecule has 0 spiro atoms. The van der Waals surface area contributed by atoms with E-state index in [0.717, 1.165) is 12.4 Å². The number of aromatic nitrogens is 2. The van der Waals surface area contributed by atoms with Crippen LogP contribution in [0.3, 0.4) is 0 Å². The van der Waals surface area contributed by atoms with Crippen molar-refractivity contribution in [3.63, 3.8) is 0 Å². The van der Waals surface area contributed by atoms with E-state index in [4.69, 9.17) is 5.73 Å². The zero-order valence-corrected chi connectivity index (χ0v) is 9.61. The van der Waals surface area contributed by atoms with Crippen molar-refractivity contribution < 1.29 is 0 Å². The summed E-state index contributed by atoms with van der Waals surface area (Å²) in [4.78, 5) is 10.3. The van der Waals surface area contributed by atoms with Crippen molar-refractivity contribution in [2.24, 2.45) is 0 Å². The summed E-state index contributed by atoms with van der Waals surface area (Å²) in [5.41, 5.74) is 5.47. The first-order valence-electron chi connectivity index (χ1n) is 5.52. The molecule has 0 bridgehead atoms. The Hall–Kier alpha value is -1.32. The Balaban J connectivity index is 2.33. The SMILES string of the molecule is CCCCCCN(C)c1cnc(N)cn1. The molecule has 1 aromatic rings. The fraction of sp³-hybridized carbons (Fsp3) is 0.636. The summed E-state index contributed by atoms with van der Waals surface area (Å²) < 4.78 is 0. The van der Waals surface area contributed by atoms with E-state index in [0.29, 0.717) is 5.82 Å². The summed E-state index contributed by atoms with van der Waals surface area (Å²) in [6.07, 6.45) is 8.37. The molecular formula is C11H20N4. The number of nitrogens with zero attached hydrogens (tertiary/aromatic N) is 3. The van der Waals surface area contributed by atoms with Gasteiger partial charge in [0.2, 0.25) is 0 Å². The Kier molecular flexibility index (Phi) is 4.87. The van der Waals surface area contributed by atoms with E-state index in [1.807, 2.05) is 7.05 Å². The van der Waals surface area contributed by atoms with Gasteiger partial charge in [0.1, 0.15) is 11.6 Å². The monoisotopic (exact) mass is 208 g/mol. The highest BCUT2D eigenvalue weighted by Gasteiger charge is 2.01. The molecule has 1 rings (SSSR count). The highest BCUT2D eigenvalue weighted by Crippen LogP contribution is 2.09. The second kappa shape index (κ2) is 6.22. The predicted octanol–water partition coefficient (Wildman–Crippen LogP) is 2.08. The minimum absolute atomic E-state index is 0.470. The average molecular weight is 208 g/mol. The molecule has 0 saturated carbocycles. The number of nitrogens with two attached hydrogens (primary N) is 1.